The number of methoxy groups -OCH3 is 1. The Bertz CT molecular complexity index is 386. The molecule has 0 aromatic carbocycles. The van der Waals surface area contributed by atoms with Gasteiger partial charge in [0.2, 0.25) is 0 Å². The lowest BCUT2D eigenvalue weighted by Crippen LogP contribution is -2.50. The van der Waals surface area contributed by atoms with Gasteiger partial charge in [-0.1, -0.05) is 26.8 Å². The van der Waals surface area contributed by atoms with Gasteiger partial charge in [-0.05, 0) is 37.0 Å². The van der Waals surface area contributed by atoms with Crippen LogP contribution in [0.3, 0.4) is 0 Å². The first-order chi connectivity index (χ1) is 9.79. The summed E-state index contributed by atoms with van der Waals surface area (Å²) in [5.74, 6) is -0.0142. The smallest absolute Gasteiger partial charge is 0.408 e. The molecule has 0 spiro atoms. The second-order valence-electron chi connectivity index (χ2n) is 6.63. The van der Waals surface area contributed by atoms with Crippen molar-refractivity contribution in [3.8, 4) is 0 Å². The highest BCUT2D eigenvalue weighted by molar-refractivity contribution is 5.82. The van der Waals surface area contributed by atoms with Crippen molar-refractivity contribution >= 4 is 12.1 Å². The molecular weight excluding hydrogens is 270 g/mol. The number of amides is 1. The van der Waals surface area contributed by atoms with Crippen LogP contribution in [0.15, 0.2) is 12.7 Å². The summed E-state index contributed by atoms with van der Waals surface area (Å²) in [4.78, 5) is 23.6. The van der Waals surface area contributed by atoms with Gasteiger partial charge in [-0.3, -0.25) is 0 Å². The highest BCUT2D eigenvalue weighted by Crippen LogP contribution is 2.38. The van der Waals surface area contributed by atoms with Crippen LogP contribution in [0.5, 0.6) is 0 Å². The second kappa shape index (κ2) is 7.48. The van der Waals surface area contributed by atoms with Gasteiger partial charge >= 0.3 is 12.1 Å². The van der Waals surface area contributed by atoms with E-state index in [9.17, 15) is 9.59 Å². The van der Waals surface area contributed by atoms with E-state index in [0.717, 1.165) is 25.7 Å². The summed E-state index contributed by atoms with van der Waals surface area (Å²) in [6, 6.07) is -0.715. The summed E-state index contributed by atoms with van der Waals surface area (Å²) in [5.41, 5.74) is -0.432. The molecule has 0 heterocycles. The molecule has 0 aromatic heterocycles. The topological polar surface area (TPSA) is 64.6 Å². The Morgan fingerprint density at radius 2 is 2.10 bits per heavy atom. The van der Waals surface area contributed by atoms with Gasteiger partial charge in [0.15, 0.2) is 0 Å². The molecule has 0 radical (unpaired) electrons. The minimum atomic E-state index is -0.715. The quantitative estimate of drug-likeness (QED) is 0.445. The number of hydrogen-bond donors (Lipinski definition) is 1. The lowest BCUT2D eigenvalue weighted by molar-refractivity contribution is -0.145. The van der Waals surface area contributed by atoms with Gasteiger partial charge in [0.25, 0.3) is 0 Å². The number of carbonyl (C=O) groups is 2. The van der Waals surface area contributed by atoms with E-state index in [4.69, 9.17) is 9.47 Å². The summed E-state index contributed by atoms with van der Waals surface area (Å²) < 4.78 is 10.1. The summed E-state index contributed by atoms with van der Waals surface area (Å²) in [5, 5.41) is 2.61. The molecule has 5 heteroatoms. The molecule has 1 rings (SSSR count). The number of ether oxygens (including phenoxy) is 2. The maximum absolute atomic E-state index is 11.9. The Kier molecular flexibility index (Phi) is 6.24. The third-order valence-corrected chi connectivity index (χ3v) is 3.66. The van der Waals surface area contributed by atoms with Crippen LogP contribution in [0, 0.1) is 11.3 Å². The Hall–Kier alpha value is -1.52. The maximum atomic E-state index is 11.9. The number of allylic oxidation sites excluding steroid dienone is 1. The SMILES string of the molecule is C=CCCCC1CC1OC(=O)NC(C(=O)OC)C(C)(C)C. The van der Waals surface area contributed by atoms with Crippen LogP contribution in [0.1, 0.15) is 46.5 Å². The monoisotopic (exact) mass is 297 g/mol. The molecule has 21 heavy (non-hydrogen) atoms. The minimum absolute atomic E-state index is 0.0203. The van der Waals surface area contributed by atoms with E-state index in [2.05, 4.69) is 11.9 Å². The molecule has 3 unspecified atom stereocenters. The van der Waals surface area contributed by atoms with E-state index in [1.165, 1.54) is 7.11 Å². The molecule has 3 atom stereocenters. The zero-order valence-electron chi connectivity index (χ0n) is 13.5. The Morgan fingerprint density at radius 1 is 1.43 bits per heavy atom. The van der Waals surface area contributed by atoms with Gasteiger partial charge in [-0.2, -0.15) is 0 Å². The number of esters is 1. The highest BCUT2D eigenvalue weighted by atomic mass is 16.6. The Balaban J connectivity index is 2.39. The zero-order valence-corrected chi connectivity index (χ0v) is 13.5. The molecule has 0 saturated heterocycles. The van der Waals surface area contributed by atoms with Crippen molar-refractivity contribution in [1.29, 1.82) is 0 Å². The van der Waals surface area contributed by atoms with Crippen LogP contribution >= 0.6 is 0 Å². The average molecular weight is 297 g/mol. The predicted molar refractivity (Wildman–Crippen MR) is 80.8 cm³/mol. The van der Waals surface area contributed by atoms with Crippen molar-refractivity contribution in [2.24, 2.45) is 11.3 Å². The van der Waals surface area contributed by atoms with Crippen molar-refractivity contribution in [2.75, 3.05) is 7.11 Å². The molecule has 1 fully saturated rings. The van der Waals surface area contributed by atoms with Crippen molar-refractivity contribution in [3.63, 3.8) is 0 Å². The zero-order chi connectivity index (χ0) is 16.0. The Labute approximate surface area is 127 Å². The number of rotatable bonds is 7. The molecule has 1 aliphatic carbocycles. The molecule has 5 nitrogen and oxygen atoms in total. The third-order valence-electron chi connectivity index (χ3n) is 3.66. The van der Waals surface area contributed by atoms with E-state index in [1.54, 1.807) is 0 Å². The van der Waals surface area contributed by atoms with E-state index >= 15 is 0 Å². The fourth-order valence-electron chi connectivity index (χ4n) is 2.23. The van der Waals surface area contributed by atoms with E-state index in [0.29, 0.717) is 5.92 Å². The number of hydrogen-bond acceptors (Lipinski definition) is 4. The van der Waals surface area contributed by atoms with E-state index in [-0.39, 0.29) is 6.10 Å². The maximum Gasteiger partial charge on any atom is 0.408 e. The van der Waals surface area contributed by atoms with Gasteiger partial charge in [0.05, 0.1) is 7.11 Å². The van der Waals surface area contributed by atoms with Gasteiger partial charge in [0.1, 0.15) is 12.1 Å². The van der Waals surface area contributed by atoms with Crippen LogP contribution in [0.2, 0.25) is 0 Å². The summed E-state index contributed by atoms with van der Waals surface area (Å²) >= 11 is 0. The molecule has 1 amide bonds. The van der Waals surface area contributed by atoms with Crippen molar-refractivity contribution in [2.45, 2.75) is 58.6 Å². The van der Waals surface area contributed by atoms with Gasteiger partial charge in [-0.15, -0.1) is 6.58 Å². The molecule has 1 N–H and O–H groups in total. The Morgan fingerprint density at radius 3 is 2.62 bits per heavy atom. The molecule has 120 valence electrons. The predicted octanol–water partition coefficient (Wildman–Crippen LogP) is 3.05. The van der Waals surface area contributed by atoms with Crippen LogP contribution in [0.4, 0.5) is 4.79 Å². The van der Waals surface area contributed by atoms with Crippen LogP contribution < -0.4 is 5.32 Å². The first-order valence-corrected chi connectivity index (χ1v) is 7.45. The van der Waals surface area contributed by atoms with E-state index < -0.39 is 23.5 Å². The number of unbranched alkanes of at least 4 members (excludes halogenated alkanes) is 1. The highest BCUT2D eigenvalue weighted by Gasteiger charge is 2.41. The number of alkyl carbamates (subject to hydrolysis) is 1. The number of nitrogens with one attached hydrogen (secondary N) is 1. The summed E-state index contributed by atoms with van der Waals surface area (Å²) in [6.45, 7) is 9.28. The lowest BCUT2D eigenvalue weighted by Gasteiger charge is -2.28. The molecule has 1 saturated carbocycles. The molecule has 0 aliphatic heterocycles. The van der Waals surface area contributed by atoms with Crippen LogP contribution in [-0.2, 0) is 14.3 Å². The lowest BCUT2D eigenvalue weighted by atomic mass is 9.87. The second-order valence-corrected chi connectivity index (χ2v) is 6.63. The first kappa shape index (κ1) is 17.5. The minimum Gasteiger partial charge on any atom is -0.467 e. The molecular formula is C16H27NO4. The van der Waals surface area contributed by atoms with Crippen LogP contribution in [-0.4, -0.2) is 31.3 Å². The normalized spacial score (nSPS) is 22.1. The standard InChI is InChI=1S/C16H27NO4/c1-6-7-8-9-11-10-12(11)21-15(19)17-13(14(18)20-5)16(2,3)4/h6,11-13H,1,7-10H2,2-5H3,(H,17,19). The fourth-order valence-corrected chi connectivity index (χ4v) is 2.23. The van der Waals surface area contributed by atoms with Gasteiger partial charge in [-0.25, -0.2) is 9.59 Å². The van der Waals surface area contributed by atoms with E-state index in [1.807, 2.05) is 26.8 Å². The summed E-state index contributed by atoms with van der Waals surface area (Å²) in [7, 11) is 1.31. The van der Waals surface area contributed by atoms with Crippen molar-refractivity contribution in [1.82, 2.24) is 5.32 Å². The van der Waals surface area contributed by atoms with Crippen molar-refractivity contribution in [3.05, 3.63) is 12.7 Å². The molecule has 1 aliphatic rings. The number of carbonyl (C=O) groups excluding carboxylic acids is 2. The molecule has 0 bridgehead atoms. The fraction of sp³-hybridized carbons (Fsp3) is 0.750. The van der Waals surface area contributed by atoms with Gasteiger partial charge in [0, 0.05) is 0 Å². The molecule has 0 aromatic rings. The average Bonchev–Trinajstić information content (AvgIpc) is 3.12. The summed E-state index contributed by atoms with van der Waals surface area (Å²) in [6.07, 6.45) is 5.35. The van der Waals surface area contributed by atoms with Crippen LogP contribution in [0.25, 0.3) is 0 Å². The third kappa shape index (κ3) is 5.78. The first-order valence-electron chi connectivity index (χ1n) is 7.45. The van der Waals surface area contributed by atoms with Crippen molar-refractivity contribution < 1.29 is 19.1 Å². The largest absolute Gasteiger partial charge is 0.467 e. The van der Waals surface area contributed by atoms with Gasteiger partial charge < -0.3 is 14.8 Å².